The van der Waals surface area contributed by atoms with Gasteiger partial charge in [-0.1, -0.05) is 12.1 Å². The third-order valence-electron chi connectivity index (χ3n) is 5.95. The summed E-state index contributed by atoms with van der Waals surface area (Å²) in [7, 11) is 0. The Morgan fingerprint density at radius 3 is 2.50 bits per heavy atom. The van der Waals surface area contributed by atoms with Gasteiger partial charge in [-0.2, -0.15) is 0 Å². The van der Waals surface area contributed by atoms with Gasteiger partial charge >= 0.3 is 0 Å². The van der Waals surface area contributed by atoms with Crippen LogP contribution in [0.1, 0.15) is 18.9 Å². The lowest BCUT2D eigenvalue weighted by Crippen LogP contribution is -2.51. The molecule has 3 aliphatic rings. The Labute approximate surface area is 143 Å². The predicted octanol–water partition coefficient (Wildman–Crippen LogP) is 1.51. The van der Waals surface area contributed by atoms with Gasteiger partial charge in [0.25, 0.3) is 0 Å². The van der Waals surface area contributed by atoms with E-state index in [1.54, 1.807) is 6.92 Å². The first-order valence-corrected chi connectivity index (χ1v) is 8.86. The molecule has 1 aromatic carbocycles. The summed E-state index contributed by atoms with van der Waals surface area (Å²) in [5, 5.41) is 0. The number of hydrogen-bond donors (Lipinski definition) is 0. The van der Waals surface area contributed by atoms with Crippen LogP contribution in [0.25, 0.3) is 0 Å². The molecule has 2 heterocycles. The molecular weight excluding hydrogens is 302 g/mol. The molecule has 4 rings (SSSR count). The lowest BCUT2D eigenvalue weighted by molar-refractivity contribution is -0.138. The summed E-state index contributed by atoms with van der Waals surface area (Å²) in [6.45, 7) is 8.43. The van der Waals surface area contributed by atoms with E-state index in [-0.39, 0.29) is 17.2 Å². The van der Waals surface area contributed by atoms with Gasteiger partial charge < -0.3 is 14.7 Å². The number of anilines is 1. The molecule has 1 aromatic rings. The van der Waals surface area contributed by atoms with E-state index in [4.69, 9.17) is 0 Å². The number of benzene rings is 1. The van der Waals surface area contributed by atoms with Crippen LogP contribution < -0.4 is 4.90 Å². The monoisotopic (exact) mass is 327 g/mol. The quantitative estimate of drug-likeness (QED) is 0.827. The highest BCUT2D eigenvalue weighted by atomic mass is 16.2. The second kappa shape index (κ2) is 5.50. The average molecular weight is 327 g/mol. The number of fused-ring (bicyclic) bond motifs is 1. The van der Waals surface area contributed by atoms with Crippen molar-refractivity contribution in [2.45, 2.75) is 20.3 Å². The van der Waals surface area contributed by atoms with Gasteiger partial charge in [-0.15, -0.1) is 0 Å². The van der Waals surface area contributed by atoms with Crippen molar-refractivity contribution >= 4 is 17.5 Å². The van der Waals surface area contributed by atoms with Gasteiger partial charge in [-0.25, -0.2) is 0 Å². The van der Waals surface area contributed by atoms with Crippen molar-refractivity contribution in [1.29, 1.82) is 0 Å². The van der Waals surface area contributed by atoms with Gasteiger partial charge in [0.05, 0.1) is 5.41 Å². The lowest BCUT2D eigenvalue weighted by atomic mass is 10.0. The van der Waals surface area contributed by atoms with Crippen molar-refractivity contribution in [3.63, 3.8) is 0 Å². The Kier molecular flexibility index (Phi) is 3.55. The molecule has 2 aliphatic heterocycles. The maximum absolute atomic E-state index is 13.0. The SMILES string of the molecule is CC(=O)N1CC2CC2(C(=O)N2CCN(c3cccc(C)c3)CC2)C1. The lowest BCUT2D eigenvalue weighted by Gasteiger charge is -2.38. The van der Waals surface area contributed by atoms with Crippen LogP contribution in [0.2, 0.25) is 0 Å². The maximum atomic E-state index is 13.0. The first kappa shape index (κ1) is 15.5. The number of carbonyl (C=O) groups excluding carboxylic acids is 2. The highest BCUT2D eigenvalue weighted by Crippen LogP contribution is 2.58. The molecule has 0 bridgehead atoms. The molecule has 2 unspecified atom stereocenters. The molecule has 3 fully saturated rings. The Balaban J connectivity index is 1.38. The molecule has 1 aliphatic carbocycles. The van der Waals surface area contributed by atoms with Gasteiger partial charge in [0.15, 0.2) is 0 Å². The van der Waals surface area contributed by atoms with Gasteiger partial charge in [0.1, 0.15) is 0 Å². The van der Waals surface area contributed by atoms with Crippen molar-refractivity contribution in [2.24, 2.45) is 11.3 Å². The summed E-state index contributed by atoms with van der Waals surface area (Å²) in [5.41, 5.74) is 2.26. The fraction of sp³-hybridized carbons (Fsp3) is 0.579. The van der Waals surface area contributed by atoms with Crippen molar-refractivity contribution in [2.75, 3.05) is 44.2 Å². The number of nitrogens with zero attached hydrogens (tertiary/aromatic N) is 3. The van der Waals surface area contributed by atoms with Crippen molar-refractivity contribution in [3.05, 3.63) is 29.8 Å². The summed E-state index contributed by atoms with van der Waals surface area (Å²) in [5.74, 6) is 0.766. The fourth-order valence-corrected chi connectivity index (χ4v) is 4.36. The Morgan fingerprint density at radius 1 is 1.12 bits per heavy atom. The minimum atomic E-state index is -0.253. The van der Waals surface area contributed by atoms with E-state index in [9.17, 15) is 9.59 Å². The maximum Gasteiger partial charge on any atom is 0.231 e. The predicted molar refractivity (Wildman–Crippen MR) is 92.8 cm³/mol. The Morgan fingerprint density at radius 2 is 1.88 bits per heavy atom. The number of hydrogen-bond acceptors (Lipinski definition) is 3. The summed E-state index contributed by atoms with van der Waals surface area (Å²) in [4.78, 5) is 30.8. The normalized spacial score (nSPS) is 28.8. The van der Waals surface area contributed by atoms with Crippen LogP contribution in [0.5, 0.6) is 0 Å². The average Bonchev–Trinajstić information content (AvgIpc) is 3.15. The topological polar surface area (TPSA) is 43.9 Å². The van der Waals surface area contributed by atoms with Gasteiger partial charge in [0.2, 0.25) is 11.8 Å². The third kappa shape index (κ3) is 2.46. The molecule has 0 spiro atoms. The molecule has 128 valence electrons. The number of rotatable bonds is 2. The van der Waals surface area contributed by atoms with Crippen LogP contribution in [-0.2, 0) is 9.59 Å². The van der Waals surface area contributed by atoms with Crippen molar-refractivity contribution in [1.82, 2.24) is 9.80 Å². The highest BCUT2D eigenvalue weighted by molar-refractivity contribution is 5.88. The zero-order valence-electron chi connectivity index (χ0n) is 14.5. The highest BCUT2D eigenvalue weighted by Gasteiger charge is 2.66. The first-order chi connectivity index (χ1) is 11.5. The first-order valence-electron chi connectivity index (χ1n) is 8.86. The summed E-state index contributed by atoms with van der Waals surface area (Å²) in [6.07, 6.45) is 0.966. The zero-order chi connectivity index (χ0) is 16.9. The molecule has 5 heteroatoms. The standard InChI is InChI=1S/C19H25N3O2/c1-14-4-3-5-17(10-14)20-6-8-21(9-7-20)18(24)19-11-16(19)12-22(13-19)15(2)23/h3-5,10,16H,6-9,11-13H2,1-2H3. The summed E-state index contributed by atoms with van der Waals surface area (Å²) in [6, 6.07) is 8.54. The van der Waals surface area contributed by atoms with Crippen LogP contribution >= 0.6 is 0 Å². The second-order valence-corrected chi connectivity index (χ2v) is 7.57. The minimum absolute atomic E-state index is 0.0960. The molecular formula is C19H25N3O2. The van der Waals surface area contributed by atoms with E-state index in [2.05, 4.69) is 36.1 Å². The molecule has 24 heavy (non-hydrogen) atoms. The number of amides is 2. The van der Waals surface area contributed by atoms with E-state index in [0.717, 1.165) is 39.1 Å². The van der Waals surface area contributed by atoms with Gasteiger partial charge in [-0.05, 0) is 37.0 Å². The molecule has 0 N–H and O–H groups in total. The van der Waals surface area contributed by atoms with E-state index < -0.39 is 0 Å². The van der Waals surface area contributed by atoms with E-state index in [0.29, 0.717) is 12.5 Å². The van der Waals surface area contributed by atoms with Crippen LogP contribution in [0, 0.1) is 18.3 Å². The van der Waals surface area contributed by atoms with E-state index in [1.165, 1.54) is 11.3 Å². The Bertz CT molecular complexity index is 681. The van der Waals surface area contributed by atoms with E-state index in [1.807, 2.05) is 9.80 Å². The number of piperidine rings is 1. The van der Waals surface area contributed by atoms with Crippen LogP contribution in [0.15, 0.2) is 24.3 Å². The van der Waals surface area contributed by atoms with Crippen LogP contribution in [0.4, 0.5) is 5.69 Å². The number of likely N-dealkylation sites (tertiary alicyclic amines) is 1. The summed E-state index contributed by atoms with van der Waals surface area (Å²) < 4.78 is 0. The molecule has 0 radical (unpaired) electrons. The number of piperazine rings is 1. The second-order valence-electron chi connectivity index (χ2n) is 7.57. The number of aryl methyl sites for hydroxylation is 1. The molecule has 1 saturated carbocycles. The van der Waals surface area contributed by atoms with Crippen molar-refractivity contribution < 1.29 is 9.59 Å². The molecule has 2 atom stereocenters. The molecule has 2 amide bonds. The van der Waals surface area contributed by atoms with E-state index >= 15 is 0 Å². The minimum Gasteiger partial charge on any atom is -0.368 e. The number of carbonyl (C=O) groups is 2. The Hall–Kier alpha value is -2.04. The summed E-state index contributed by atoms with van der Waals surface area (Å²) >= 11 is 0. The smallest absolute Gasteiger partial charge is 0.231 e. The van der Waals surface area contributed by atoms with Crippen LogP contribution in [-0.4, -0.2) is 60.9 Å². The van der Waals surface area contributed by atoms with Crippen molar-refractivity contribution in [3.8, 4) is 0 Å². The molecule has 0 aromatic heterocycles. The largest absolute Gasteiger partial charge is 0.368 e. The fourth-order valence-electron chi connectivity index (χ4n) is 4.36. The van der Waals surface area contributed by atoms with Gasteiger partial charge in [-0.3, -0.25) is 9.59 Å². The van der Waals surface area contributed by atoms with Gasteiger partial charge in [0, 0.05) is 51.9 Å². The molecule has 5 nitrogen and oxygen atoms in total. The zero-order valence-corrected chi connectivity index (χ0v) is 14.5. The van der Waals surface area contributed by atoms with Crippen LogP contribution in [0.3, 0.4) is 0 Å². The molecule has 2 saturated heterocycles. The third-order valence-corrected chi connectivity index (χ3v) is 5.95.